The average Bonchev–Trinajstić information content (AvgIpc) is 3.30. The molecule has 1 aliphatic rings. The number of pyridine rings is 1. The minimum atomic E-state index is -0.214. The lowest BCUT2D eigenvalue weighted by Gasteiger charge is -2.12. The number of amides is 2. The minimum Gasteiger partial charge on any atom is -0.481 e. The zero-order valence-corrected chi connectivity index (χ0v) is 14.0. The Bertz CT molecular complexity index is 667. The monoisotopic (exact) mass is 332 g/mol. The van der Waals surface area contributed by atoms with Gasteiger partial charge in [0.25, 0.3) is 0 Å². The number of aromatic nitrogens is 2. The van der Waals surface area contributed by atoms with Crippen LogP contribution in [0, 0.1) is 0 Å². The molecule has 2 aromatic heterocycles. The van der Waals surface area contributed by atoms with Crippen LogP contribution in [0.3, 0.4) is 0 Å². The topological polar surface area (TPSA) is 76.1 Å². The van der Waals surface area contributed by atoms with Crippen LogP contribution in [0.4, 0.5) is 4.79 Å². The summed E-state index contributed by atoms with van der Waals surface area (Å²) in [5, 5.41) is 8.96. The summed E-state index contributed by atoms with van der Waals surface area (Å²) < 4.78 is 5.00. The van der Waals surface area contributed by atoms with Gasteiger partial charge in [0.1, 0.15) is 0 Å². The molecule has 1 atom stereocenters. The largest absolute Gasteiger partial charge is 0.481 e. The zero-order valence-electron chi connectivity index (χ0n) is 13.2. The van der Waals surface area contributed by atoms with E-state index in [2.05, 4.69) is 20.6 Å². The fourth-order valence-electron chi connectivity index (χ4n) is 2.16. The molecule has 1 aliphatic carbocycles. The van der Waals surface area contributed by atoms with Crippen molar-refractivity contribution in [1.82, 2.24) is 20.6 Å². The van der Waals surface area contributed by atoms with Gasteiger partial charge in [-0.2, -0.15) is 0 Å². The highest BCUT2D eigenvalue weighted by Gasteiger charge is 2.27. The normalized spacial score (nSPS) is 15.0. The number of ether oxygens (including phenoxy) is 1. The number of methoxy groups -OCH3 is 1. The highest BCUT2D eigenvalue weighted by atomic mass is 32.1. The van der Waals surface area contributed by atoms with E-state index in [1.54, 1.807) is 30.7 Å². The second-order valence-electron chi connectivity index (χ2n) is 5.64. The van der Waals surface area contributed by atoms with Crippen molar-refractivity contribution in [3.8, 4) is 5.88 Å². The first-order valence-corrected chi connectivity index (χ1v) is 8.52. The van der Waals surface area contributed by atoms with Crippen molar-refractivity contribution in [1.29, 1.82) is 0 Å². The highest BCUT2D eigenvalue weighted by Crippen LogP contribution is 2.41. The Morgan fingerprint density at radius 1 is 1.48 bits per heavy atom. The van der Waals surface area contributed by atoms with Crippen molar-refractivity contribution in [2.75, 3.05) is 7.11 Å². The summed E-state index contributed by atoms with van der Waals surface area (Å²) in [6.45, 7) is 2.36. The molecule has 0 aliphatic heterocycles. The summed E-state index contributed by atoms with van der Waals surface area (Å²) in [7, 11) is 1.57. The molecule has 2 aromatic rings. The molecule has 0 bridgehead atoms. The maximum Gasteiger partial charge on any atom is 0.315 e. The number of hydrogen-bond donors (Lipinski definition) is 2. The van der Waals surface area contributed by atoms with E-state index in [1.807, 2.05) is 18.4 Å². The number of rotatable bonds is 6. The van der Waals surface area contributed by atoms with Crippen LogP contribution in [0.15, 0.2) is 23.7 Å². The van der Waals surface area contributed by atoms with E-state index >= 15 is 0 Å². The fourth-order valence-corrected chi connectivity index (χ4v) is 3.24. The summed E-state index contributed by atoms with van der Waals surface area (Å²) >= 11 is 1.69. The first-order valence-electron chi connectivity index (χ1n) is 7.64. The van der Waals surface area contributed by atoms with Gasteiger partial charge in [0.15, 0.2) is 0 Å². The van der Waals surface area contributed by atoms with Crippen molar-refractivity contribution in [3.63, 3.8) is 0 Å². The zero-order chi connectivity index (χ0) is 16.2. The quantitative estimate of drug-likeness (QED) is 0.852. The number of hydrogen-bond acceptors (Lipinski definition) is 5. The van der Waals surface area contributed by atoms with Gasteiger partial charge >= 0.3 is 6.03 Å². The first kappa shape index (κ1) is 15.7. The molecule has 6 nitrogen and oxygen atoms in total. The predicted molar refractivity (Wildman–Crippen MR) is 88.7 cm³/mol. The fraction of sp³-hybridized carbons (Fsp3) is 0.438. The standard InChI is InChI=1S/C16H20N4O2S/c1-10(13-9-23-15(20-13)12-4-5-12)19-16(21)18-8-11-3-6-14(22-2)17-7-11/h3,6-7,9-10,12H,4-5,8H2,1-2H3,(H2,18,19,21). The molecule has 1 unspecified atom stereocenters. The summed E-state index contributed by atoms with van der Waals surface area (Å²) in [6, 6.07) is 3.33. The molecule has 0 spiro atoms. The molecule has 2 heterocycles. The van der Waals surface area contributed by atoms with Gasteiger partial charge in [-0.1, -0.05) is 6.07 Å². The van der Waals surface area contributed by atoms with Gasteiger partial charge in [0.05, 0.1) is 23.9 Å². The second-order valence-corrected chi connectivity index (χ2v) is 6.53. The van der Waals surface area contributed by atoms with Crippen LogP contribution in [0.1, 0.15) is 48.0 Å². The molecule has 2 N–H and O–H groups in total. The van der Waals surface area contributed by atoms with Gasteiger partial charge in [-0.05, 0) is 25.3 Å². The van der Waals surface area contributed by atoms with Gasteiger partial charge < -0.3 is 15.4 Å². The van der Waals surface area contributed by atoms with Gasteiger partial charge in [0, 0.05) is 30.1 Å². The summed E-state index contributed by atoms with van der Waals surface area (Å²) in [4.78, 5) is 20.7. The summed E-state index contributed by atoms with van der Waals surface area (Å²) in [6.07, 6.45) is 4.17. The van der Waals surface area contributed by atoms with Crippen LogP contribution < -0.4 is 15.4 Å². The van der Waals surface area contributed by atoms with Gasteiger partial charge in [-0.25, -0.2) is 14.8 Å². The highest BCUT2D eigenvalue weighted by molar-refractivity contribution is 7.09. The Morgan fingerprint density at radius 3 is 2.96 bits per heavy atom. The van der Waals surface area contributed by atoms with Crippen molar-refractivity contribution in [2.24, 2.45) is 0 Å². The molecule has 7 heteroatoms. The molecule has 122 valence electrons. The van der Waals surface area contributed by atoms with E-state index in [1.165, 1.54) is 17.8 Å². The number of carbonyl (C=O) groups is 1. The maximum atomic E-state index is 12.0. The summed E-state index contributed by atoms with van der Waals surface area (Å²) in [5.41, 5.74) is 1.84. The van der Waals surface area contributed by atoms with Gasteiger partial charge in [0.2, 0.25) is 5.88 Å². The van der Waals surface area contributed by atoms with Gasteiger partial charge in [-0.3, -0.25) is 0 Å². The van der Waals surface area contributed by atoms with Gasteiger partial charge in [-0.15, -0.1) is 11.3 Å². The van der Waals surface area contributed by atoms with E-state index in [4.69, 9.17) is 4.74 Å². The Morgan fingerprint density at radius 2 is 2.30 bits per heavy atom. The lowest BCUT2D eigenvalue weighted by molar-refractivity contribution is 0.237. The Kier molecular flexibility index (Phi) is 4.76. The van der Waals surface area contributed by atoms with E-state index < -0.39 is 0 Å². The number of thiazole rings is 1. The first-order chi connectivity index (χ1) is 11.2. The predicted octanol–water partition coefficient (Wildman–Crippen LogP) is 2.98. The Hall–Kier alpha value is -2.15. The van der Waals surface area contributed by atoms with Crippen LogP contribution in [0.25, 0.3) is 0 Å². The Balaban J connectivity index is 1.47. The maximum absolute atomic E-state index is 12.0. The molecule has 0 saturated heterocycles. The lowest BCUT2D eigenvalue weighted by Crippen LogP contribution is -2.36. The number of nitrogens with zero attached hydrogens (tertiary/aromatic N) is 2. The van der Waals surface area contributed by atoms with E-state index in [9.17, 15) is 4.79 Å². The molecule has 3 rings (SSSR count). The van der Waals surface area contributed by atoms with Crippen LogP contribution in [-0.2, 0) is 6.54 Å². The molecule has 1 saturated carbocycles. The van der Waals surface area contributed by atoms with Crippen LogP contribution >= 0.6 is 11.3 Å². The van der Waals surface area contributed by atoms with Crippen molar-refractivity contribution in [2.45, 2.75) is 38.3 Å². The van der Waals surface area contributed by atoms with Crippen LogP contribution in [0.5, 0.6) is 5.88 Å². The number of nitrogens with one attached hydrogen (secondary N) is 2. The summed E-state index contributed by atoms with van der Waals surface area (Å²) in [5.74, 6) is 1.21. The molecular weight excluding hydrogens is 312 g/mol. The third-order valence-electron chi connectivity index (χ3n) is 3.72. The molecular formula is C16H20N4O2S. The minimum absolute atomic E-state index is 0.104. The average molecular weight is 332 g/mol. The second kappa shape index (κ2) is 6.95. The smallest absolute Gasteiger partial charge is 0.315 e. The molecule has 23 heavy (non-hydrogen) atoms. The van der Waals surface area contributed by atoms with Crippen molar-refractivity contribution < 1.29 is 9.53 Å². The van der Waals surface area contributed by atoms with E-state index in [-0.39, 0.29) is 12.1 Å². The number of urea groups is 1. The van der Waals surface area contributed by atoms with Crippen LogP contribution in [-0.4, -0.2) is 23.1 Å². The van der Waals surface area contributed by atoms with Crippen molar-refractivity contribution in [3.05, 3.63) is 40.0 Å². The van der Waals surface area contributed by atoms with Crippen LogP contribution in [0.2, 0.25) is 0 Å². The third kappa shape index (κ3) is 4.19. The SMILES string of the molecule is COc1ccc(CNC(=O)NC(C)c2csc(C3CC3)n2)cn1. The number of carbonyl (C=O) groups excluding carboxylic acids is 1. The Labute approximate surface area is 139 Å². The molecule has 0 aromatic carbocycles. The van der Waals surface area contributed by atoms with Crippen molar-refractivity contribution >= 4 is 17.4 Å². The van der Waals surface area contributed by atoms with E-state index in [0.29, 0.717) is 18.3 Å². The lowest BCUT2D eigenvalue weighted by atomic mass is 10.2. The van der Waals surface area contributed by atoms with E-state index in [0.717, 1.165) is 11.3 Å². The molecule has 2 amide bonds. The molecule has 0 radical (unpaired) electrons. The molecule has 1 fully saturated rings. The third-order valence-corrected chi connectivity index (χ3v) is 4.74.